The van der Waals surface area contributed by atoms with E-state index in [9.17, 15) is 13.2 Å². The summed E-state index contributed by atoms with van der Waals surface area (Å²) in [6.07, 6.45) is 1.15. The lowest BCUT2D eigenvalue weighted by atomic mass is 10.2. The van der Waals surface area contributed by atoms with Gasteiger partial charge in [0.25, 0.3) is 0 Å². The zero-order chi connectivity index (χ0) is 18.7. The van der Waals surface area contributed by atoms with Crippen LogP contribution in [0.1, 0.15) is 12.0 Å². The van der Waals surface area contributed by atoms with E-state index in [0.717, 1.165) is 11.8 Å². The van der Waals surface area contributed by atoms with Crippen molar-refractivity contribution < 1.29 is 22.7 Å². The summed E-state index contributed by atoms with van der Waals surface area (Å²) in [6, 6.07) is 12.3. The number of rotatable bonds is 6. The summed E-state index contributed by atoms with van der Waals surface area (Å²) < 4.78 is 35.9. The minimum atomic E-state index is -3.49. The summed E-state index contributed by atoms with van der Waals surface area (Å²) in [7, 11) is -3.49. The summed E-state index contributed by atoms with van der Waals surface area (Å²) in [5.41, 5.74) is 2.06. The van der Waals surface area contributed by atoms with E-state index in [1.807, 2.05) is 13.0 Å². The first-order valence-corrected chi connectivity index (χ1v) is 9.91. The number of sulfonamides is 1. The van der Waals surface area contributed by atoms with Crippen LogP contribution in [0, 0.1) is 6.92 Å². The third-order valence-electron chi connectivity index (χ3n) is 3.89. The fraction of sp³-hybridized carbons (Fsp3) is 0.278. The Balaban J connectivity index is 1.66. The van der Waals surface area contributed by atoms with Gasteiger partial charge in [-0.2, -0.15) is 0 Å². The number of carbonyl (C=O) groups is 1. The van der Waals surface area contributed by atoms with Gasteiger partial charge in [-0.05, 0) is 36.8 Å². The van der Waals surface area contributed by atoms with E-state index in [-0.39, 0.29) is 25.7 Å². The Morgan fingerprint density at radius 2 is 1.92 bits per heavy atom. The second-order valence-electron chi connectivity index (χ2n) is 6.04. The van der Waals surface area contributed by atoms with Crippen molar-refractivity contribution in [3.05, 3.63) is 48.0 Å². The van der Waals surface area contributed by atoms with Crippen molar-refractivity contribution in [1.82, 2.24) is 0 Å². The molecule has 0 atom stereocenters. The molecule has 2 aromatic rings. The molecule has 3 rings (SSSR count). The van der Waals surface area contributed by atoms with Gasteiger partial charge in [-0.15, -0.1) is 0 Å². The molecule has 0 radical (unpaired) electrons. The maximum Gasteiger partial charge on any atom is 0.232 e. The Labute approximate surface area is 152 Å². The average molecular weight is 376 g/mol. The van der Waals surface area contributed by atoms with E-state index >= 15 is 0 Å². The summed E-state index contributed by atoms with van der Waals surface area (Å²) in [4.78, 5) is 12.2. The molecule has 7 nitrogen and oxygen atoms in total. The molecule has 1 aliphatic heterocycles. The summed E-state index contributed by atoms with van der Waals surface area (Å²) in [5, 5.41) is 2.75. The first-order valence-electron chi connectivity index (χ1n) is 8.07. The zero-order valence-corrected chi connectivity index (χ0v) is 15.4. The predicted molar refractivity (Wildman–Crippen MR) is 99.2 cm³/mol. The van der Waals surface area contributed by atoms with Gasteiger partial charge in [-0.1, -0.05) is 12.1 Å². The molecule has 0 saturated heterocycles. The summed E-state index contributed by atoms with van der Waals surface area (Å²) in [6.45, 7) is 2.10. The maximum absolute atomic E-state index is 12.2. The number of aryl methyl sites for hydroxylation is 1. The van der Waals surface area contributed by atoms with Crippen molar-refractivity contribution in [2.45, 2.75) is 13.3 Å². The Morgan fingerprint density at radius 3 is 2.65 bits per heavy atom. The predicted octanol–water partition coefficient (Wildman–Crippen LogP) is 2.52. The normalized spacial score (nSPS) is 12.7. The molecule has 0 unspecified atom stereocenters. The second kappa shape index (κ2) is 7.25. The maximum atomic E-state index is 12.2. The van der Waals surface area contributed by atoms with E-state index in [1.54, 1.807) is 36.4 Å². The minimum absolute atomic E-state index is 0.0233. The number of hydrogen-bond donors (Lipinski definition) is 1. The minimum Gasteiger partial charge on any atom is -0.454 e. The monoisotopic (exact) mass is 376 g/mol. The van der Waals surface area contributed by atoms with Gasteiger partial charge < -0.3 is 14.8 Å². The summed E-state index contributed by atoms with van der Waals surface area (Å²) in [5.74, 6) is 0.913. The van der Waals surface area contributed by atoms with Crippen LogP contribution in [0.3, 0.4) is 0 Å². The fourth-order valence-corrected chi connectivity index (χ4v) is 3.59. The van der Waals surface area contributed by atoms with Crippen LogP contribution in [0.4, 0.5) is 11.4 Å². The van der Waals surface area contributed by atoms with Crippen molar-refractivity contribution in [3.63, 3.8) is 0 Å². The first kappa shape index (κ1) is 18.1. The first-order chi connectivity index (χ1) is 12.3. The van der Waals surface area contributed by atoms with Gasteiger partial charge in [0.2, 0.25) is 22.7 Å². The SMILES string of the molecule is Cc1cccc(N(CCC(=O)Nc2ccc3c(c2)OCO3)S(C)(=O)=O)c1. The Hall–Kier alpha value is -2.74. The molecule has 1 N–H and O–H groups in total. The van der Waals surface area contributed by atoms with Gasteiger partial charge in [0.1, 0.15) is 0 Å². The van der Waals surface area contributed by atoms with Crippen LogP contribution in [0.5, 0.6) is 11.5 Å². The highest BCUT2D eigenvalue weighted by Crippen LogP contribution is 2.34. The highest BCUT2D eigenvalue weighted by molar-refractivity contribution is 7.92. The fourth-order valence-electron chi connectivity index (χ4n) is 2.67. The van der Waals surface area contributed by atoms with Gasteiger partial charge in [0, 0.05) is 24.7 Å². The molecular weight excluding hydrogens is 356 g/mol. The standard InChI is InChI=1S/C18H20N2O5S/c1-13-4-3-5-15(10-13)20(26(2,22)23)9-8-18(21)19-14-6-7-16-17(11-14)25-12-24-16/h3-7,10-11H,8-9,12H2,1-2H3,(H,19,21). The number of nitrogens with zero attached hydrogens (tertiary/aromatic N) is 1. The molecule has 26 heavy (non-hydrogen) atoms. The molecule has 0 spiro atoms. The molecule has 1 amide bonds. The van der Waals surface area contributed by atoms with Gasteiger partial charge in [-0.25, -0.2) is 8.42 Å². The topological polar surface area (TPSA) is 84.9 Å². The van der Waals surface area contributed by atoms with Crippen LogP contribution < -0.4 is 19.1 Å². The summed E-state index contributed by atoms with van der Waals surface area (Å²) >= 11 is 0. The van der Waals surface area contributed by atoms with Crippen LogP contribution >= 0.6 is 0 Å². The van der Waals surface area contributed by atoms with Gasteiger partial charge in [0.15, 0.2) is 11.5 Å². The zero-order valence-electron chi connectivity index (χ0n) is 14.6. The van der Waals surface area contributed by atoms with Crippen LogP contribution in [0.15, 0.2) is 42.5 Å². The number of anilines is 2. The molecule has 1 aliphatic rings. The highest BCUT2D eigenvalue weighted by atomic mass is 32.2. The molecular formula is C18H20N2O5S. The number of fused-ring (bicyclic) bond motifs is 1. The Morgan fingerprint density at radius 1 is 1.15 bits per heavy atom. The molecule has 0 aromatic heterocycles. The molecule has 0 saturated carbocycles. The molecule has 138 valence electrons. The van der Waals surface area contributed by atoms with Crippen molar-refractivity contribution in [1.29, 1.82) is 0 Å². The Bertz CT molecular complexity index is 927. The van der Waals surface area contributed by atoms with Crippen molar-refractivity contribution in [2.24, 2.45) is 0 Å². The van der Waals surface area contributed by atoms with Crippen LogP contribution in [-0.4, -0.2) is 33.9 Å². The highest BCUT2D eigenvalue weighted by Gasteiger charge is 2.19. The van der Waals surface area contributed by atoms with Crippen LogP contribution in [0.2, 0.25) is 0 Å². The van der Waals surface area contributed by atoms with E-state index in [0.29, 0.717) is 22.9 Å². The molecule has 1 heterocycles. The van der Waals surface area contributed by atoms with Crippen molar-refractivity contribution in [3.8, 4) is 11.5 Å². The lowest BCUT2D eigenvalue weighted by Crippen LogP contribution is -2.33. The third kappa shape index (κ3) is 4.26. The van der Waals surface area contributed by atoms with E-state index in [4.69, 9.17) is 9.47 Å². The van der Waals surface area contributed by atoms with E-state index in [2.05, 4.69) is 5.32 Å². The molecule has 2 aromatic carbocycles. The van der Waals surface area contributed by atoms with Gasteiger partial charge in [-0.3, -0.25) is 9.10 Å². The second-order valence-corrected chi connectivity index (χ2v) is 7.95. The quantitative estimate of drug-likeness (QED) is 0.837. The number of benzene rings is 2. The van der Waals surface area contributed by atoms with Crippen LogP contribution in [-0.2, 0) is 14.8 Å². The number of amides is 1. The lowest BCUT2D eigenvalue weighted by molar-refractivity contribution is -0.116. The average Bonchev–Trinajstić information content (AvgIpc) is 3.01. The van der Waals surface area contributed by atoms with Gasteiger partial charge >= 0.3 is 0 Å². The molecule has 8 heteroatoms. The molecule has 0 bridgehead atoms. The number of nitrogens with one attached hydrogen (secondary N) is 1. The molecule has 0 aliphatic carbocycles. The number of ether oxygens (including phenoxy) is 2. The number of carbonyl (C=O) groups excluding carboxylic acids is 1. The van der Waals surface area contributed by atoms with E-state index < -0.39 is 10.0 Å². The van der Waals surface area contributed by atoms with Crippen molar-refractivity contribution in [2.75, 3.05) is 29.2 Å². The van der Waals surface area contributed by atoms with Crippen molar-refractivity contribution >= 4 is 27.3 Å². The third-order valence-corrected chi connectivity index (χ3v) is 5.08. The van der Waals surface area contributed by atoms with Crippen LogP contribution in [0.25, 0.3) is 0 Å². The largest absolute Gasteiger partial charge is 0.454 e. The lowest BCUT2D eigenvalue weighted by Gasteiger charge is -2.22. The smallest absolute Gasteiger partial charge is 0.232 e. The number of hydrogen-bond acceptors (Lipinski definition) is 5. The van der Waals surface area contributed by atoms with E-state index in [1.165, 1.54) is 4.31 Å². The Kier molecular flexibility index (Phi) is 5.03. The van der Waals surface area contributed by atoms with Gasteiger partial charge in [0.05, 0.1) is 11.9 Å². The molecule has 0 fully saturated rings.